The summed E-state index contributed by atoms with van der Waals surface area (Å²) in [5.74, 6) is 2.86. The Balaban J connectivity index is 2.92. The zero-order chi connectivity index (χ0) is 13.5. The van der Waals surface area contributed by atoms with Gasteiger partial charge in [-0.2, -0.15) is 0 Å². The number of nitrogens with zero attached hydrogens (tertiary/aromatic N) is 3. The first kappa shape index (κ1) is 14.7. The molecular weight excluding hydrogens is 224 g/mol. The van der Waals surface area contributed by atoms with E-state index in [1.54, 1.807) is 0 Å². The van der Waals surface area contributed by atoms with Crippen LogP contribution in [0.3, 0.4) is 0 Å². The number of aryl methyl sites for hydroxylation is 1. The molecule has 18 heavy (non-hydrogen) atoms. The molecule has 0 atom stereocenters. The Bertz CT molecular complexity index is 376. The molecule has 1 N–H and O–H groups in total. The normalized spacial score (nSPS) is 10.5. The molecule has 102 valence electrons. The molecule has 0 aliphatic heterocycles. The van der Waals surface area contributed by atoms with E-state index < -0.39 is 0 Å². The Hall–Kier alpha value is -1.32. The minimum atomic E-state index is 0.831. The Morgan fingerprint density at radius 2 is 1.83 bits per heavy atom. The molecule has 1 heterocycles. The third-order valence-corrected chi connectivity index (χ3v) is 2.98. The van der Waals surface area contributed by atoms with Crippen molar-refractivity contribution < 1.29 is 0 Å². The van der Waals surface area contributed by atoms with E-state index in [4.69, 9.17) is 0 Å². The van der Waals surface area contributed by atoms with E-state index in [-0.39, 0.29) is 0 Å². The molecule has 0 aromatic carbocycles. The largest absolute Gasteiger partial charge is 0.370 e. The molecule has 1 rings (SSSR count). The van der Waals surface area contributed by atoms with Crippen LogP contribution < -0.4 is 10.2 Å². The predicted octanol–water partition coefficient (Wildman–Crippen LogP) is 3.15. The van der Waals surface area contributed by atoms with Crippen LogP contribution in [0, 0.1) is 13.8 Å². The lowest BCUT2D eigenvalue weighted by molar-refractivity contribution is 0.753. The summed E-state index contributed by atoms with van der Waals surface area (Å²) < 4.78 is 0. The molecule has 1 aromatic rings. The molecule has 0 amide bonds. The third-order valence-electron chi connectivity index (χ3n) is 2.98. The lowest BCUT2D eigenvalue weighted by atomic mass is 10.2. The van der Waals surface area contributed by atoms with Crippen molar-refractivity contribution in [2.75, 3.05) is 30.4 Å². The summed E-state index contributed by atoms with van der Waals surface area (Å²) in [5, 5.41) is 3.38. The fourth-order valence-corrected chi connectivity index (χ4v) is 1.90. The van der Waals surface area contributed by atoms with Crippen molar-refractivity contribution in [3.8, 4) is 0 Å². The van der Waals surface area contributed by atoms with Gasteiger partial charge in [-0.3, -0.25) is 0 Å². The van der Waals surface area contributed by atoms with E-state index in [9.17, 15) is 0 Å². The van der Waals surface area contributed by atoms with Crippen molar-refractivity contribution in [3.63, 3.8) is 0 Å². The van der Waals surface area contributed by atoms with Gasteiger partial charge in [0.25, 0.3) is 0 Å². The molecular formula is C14H26N4. The molecule has 0 bridgehead atoms. The van der Waals surface area contributed by atoms with Gasteiger partial charge in [-0.15, -0.1) is 0 Å². The topological polar surface area (TPSA) is 41.1 Å². The average Bonchev–Trinajstić information content (AvgIpc) is 2.36. The zero-order valence-corrected chi connectivity index (χ0v) is 12.4. The molecule has 0 saturated heterocycles. The summed E-state index contributed by atoms with van der Waals surface area (Å²) in [7, 11) is 2.11. The third kappa shape index (κ3) is 3.86. The first-order chi connectivity index (χ1) is 8.60. The van der Waals surface area contributed by atoms with E-state index in [1.807, 2.05) is 6.92 Å². The van der Waals surface area contributed by atoms with Crippen LogP contribution in [0.2, 0.25) is 0 Å². The fraction of sp³-hybridized carbons (Fsp3) is 0.714. The van der Waals surface area contributed by atoms with Gasteiger partial charge in [-0.25, -0.2) is 9.97 Å². The molecule has 0 saturated carbocycles. The van der Waals surface area contributed by atoms with Gasteiger partial charge in [0, 0.05) is 25.7 Å². The smallest absolute Gasteiger partial charge is 0.137 e. The maximum atomic E-state index is 4.57. The Morgan fingerprint density at radius 1 is 1.11 bits per heavy atom. The van der Waals surface area contributed by atoms with Gasteiger partial charge in [0.2, 0.25) is 0 Å². The number of aromatic nitrogens is 2. The number of hydrogen-bond donors (Lipinski definition) is 1. The van der Waals surface area contributed by atoms with Gasteiger partial charge >= 0.3 is 0 Å². The van der Waals surface area contributed by atoms with Crippen molar-refractivity contribution in [1.82, 2.24) is 9.97 Å². The van der Waals surface area contributed by atoms with Gasteiger partial charge in [0.1, 0.15) is 17.5 Å². The van der Waals surface area contributed by atoms with E-state index in [0.717, 1.165) is 42.5 Å². The van der Waals surface area contributed by atoms with Gasteiger partial charge in [0.05, 0.1) is 0 Å². The van der Waals surface area contributed by atoms with Crippen LogP contribution in [0.1, 0.15) is 44.5 Å². The highest BCUT2D eigenvalue weighted by atomic mass is 15.2. The highest BCUT2D eigenvalue weighted by molar-refractivity contribution is 5.58. The number of nitrogens with one attached hydrogen (secondary N) is 1. The van der Waals surface area contributed by atoms with Crippen LogP contribution in [0.15, 0.2) is 0 Å². The van der Waals surface area contributed by atoms with Gasteiger partial charge in [0.15, 0.2) is 0 Å². The van der Waals surface area contributed by atoms with Gasteiger partial charge in [-0.1, -0.05) is 20.3 Å². The van der Waals surface area contributed by atoms with Crippen molar-refractivity contribution in [2.24, 2.45) is 0 Å². The van der Waals surface area contributed by atoms with E-state index >= 15 is 0 Å². The lowest BCUT2D eigenvalue weighted by Gasteiger charge is -2.22. The van der Waals surface area contributed by atoms with Crippen molar-refractivity contribution in [3.05, 3.63) is 11.4 Å². The lowest BCUT2D eigenvalue weighted by Crippen LogP contribution is -2.22. The molecule has 0 spiro atoms. The molecule has 0 aliphatic rings. The summed E-state index contributed by atoms with van der Waals surface area (Å²) in [4.78, 5) is 11.3. The van der Waals surface area contributed by atoms with Crippen LogP contribution in [0.4, 0.5) is 11.6 Å². The average molecular weight is 250 g/mol. The molecule has 0 fully saturated rings. The van der Waals surface area contributed by atoms with Crippen LogP contribution in [0.5, 0.6) is 0 Å². The summed E-state index contributed by atoms with van der Waals surface area (Å²) in [6, 6.07) is 0. The minimum absolute atomic E-state index is 0.831. The first-order valence-electron chi connectivity index (χ1n) is 6.90. The number of unbranched alkanes of at least 4 members (excludes halogenated alkanes) is 1. The maximum Gasteiger partial charge on any atom is 0.137 e. The van der Waals surface area contributed by atoms with Crippen molar-refractivity contribution in [1.29, 1.82) is 0 Å². The van der Waals surface area contributed by atoms with E-state index in [1.165, 1.54) is 12.8 Å². The SMILES string of the molecule is CCCCN(C)c1nc(C)nc(NCCC)c1C. The fourth-order valence-electron chi connectivity index (χ4n) is 1.90. The standard InChI is InChI=1S/C14H26N4/c1-6-8-10-18(5)14-11(3)13(15-9-7-2)16-12(4)17-14/h6-10H2,1-5H3,(H,15,16,17). The quantitative estimate of drug-likeness (QED) is 0.807. The molecule has 0 radical (unpaired) electrons. The minimum Gasteiger partial charge on any atom is -0.370 e. The second kappa shape index (κ2) is 7.19. The first-order valence-corrected chi connectivity index (χ1v) is 6.90. The Labute approximate surface area is 111 Å². The highest BCUT2D eigenvalue weighted by Crippen LogP contribution is 2.22. The molecule has 4 heteroatoms. The number of anilines is 2. The summed E-state index contributed by atoms with van der Waals surface area (Å²) in [6.45, 7) is 10.4. The molecule has 1 aromatic heterocycles. The molecule has 0 unspecified atom stereocenters. The van der Waals surface area contributed by atoms with Gasteiger partial charge in [-0.05, 0) is 26.7 Å². The van der Waals surface area contributed by atoms with Crippen LogP contribution >= 0.6 is 0 Å². The van der Waals surface area contributed by atoms with Crippen molar-refractivity contribution in [2.45, 2.75) is 47.0 Å². The van der Waals surface area contributed by atoms with Crippen LogP contribution in [0.25, 0.3) is 0 Å². The second-order valence-electron chi connectivity index (χ2n) is 4.77. The van der Waals surface area contributed by atoms with Gasteiger partial charge < -0.3 is 10.2 Å². The molecule has 4 nitrogen and oxygen atoms in total. The van der Waals surface area contributed by atoms with Crippen LogP contribution in [-0.2, 0) is 0 Å². The maximum absolute atomic E-state index is 4.57. The number of rotatable bonds is 7. The van der Waals surface area contributed by atoms with E-state index in [0.29, 0.717) is 0 Å². The zero-order valence-electron chi connectivity index (χ0n) is 12.4. The Morgan fingerprint density at radius 3 is 2.44 bits per heavy atom. The predicted molar refractivity (Wildman–Crippen MR) is 78.5 cm³/mol. The second-order valence-corrected chi connectivity index (χ2v) is 4.77. The summed E-state index contributed by atoms with van der Waals surface area (Å²) in [6.07, 6.45) is 3.49. The van der Waals surface area contributed by atoms with Crippen LogP contribution in [-0.4, -0.2) is 30.1 Å². The summed E-state index contributed by atoms with van der Waals surface area (Å²) in [5.41, 5.74) is 1.15. The molecule has 0 aliphatic carbocycles. The Kier molecular flexibility index (Phi) is 5.89. The highest BCUT2D eigenvalue weighted by Gasteiger charge is 2.12. The number of hydrogen-bond acceptors (Lipinski definition) is 4. The van der Waals surface area contributed by atoms with Crippen molar-refractivity contribution >= 4 is 11.6 Å². The monoisotopic (exact) mass is 250 g/mol. The summed E-state index contributed by atoms with van der Waals surface area (Å²) >= 11 is 0. The van der Waals surface area contributed by atoms with E-state index in [2.05, 4.69) is 48.0 Å².